The van der Waals surface area contributed by atoms with E-state index in [4.69, 9.17) is 0 Å². The summed E-state index contributed by atoms with van der Waals surface area (Å²) in [6.07, 6.45) is 4.44. The molecule has 0 saturated carbocycles. The number of amides is 1. The lowest BCUT2D eigenvalue weighted by Crippen LogP contribution is -2.48. The smallest absolute Gasteiger partial charge is 0.253 e. The van der Waals surface area contributed by atoms with Crippen LogP contribution in [0.3, 0.4) is 0 Å². The van der Waals surface area contributed by atoms with E-state index in [9.17, 15) is 9.18 Å². The minimum atomic E-state index is -0.341. The first-order chi connectivity index (χ1) is 9.52. The van der Waals surface area contributed by atoms with Crippen LogP contribution < -0.4 is 5.32 Å². The molecular formula is C16H21FN2O. The third-order valence-corrected chi connectivity index (χ3v) is 4.61. The lowest BCUT2D eigenvalue weighted by atomic mass is 9.97. The van der Waals surface area contributed by atoms with Gasteiger partial charge in [-0.1, -0.05) is 0 Å². The second-order valence-corrected chi connectivity index (χ2v) is 6.20. The molecule has 2 heterocycles. The standard InChI is InChI=1S/C16H21FN2O/c1-10-5-11(7-12(17)6-10)16(20)19(2)15-8-13-3-4-14(9-15)18-13/h5-7,13-15,18H,3-4,8-9H2,1-2H3/t13-,14+,15?. The quantitative estimate of drug-likeness (QED) is 0.900. The van der Waals surface area contributed by atoms with Gasteiger partial charge in [0.15, 0.2) is 0 Å². The summed E-state index contributed by atoms with van der Waals surface area (Å²) in [4.78, 5) is 14.3. The highest BCUT2D eigenvalue weighted by atomic mass is 19.1. The van der Waals surface area contributed by atoms with Gasteiger partial charge >= 0.3 is 0 Å². The highest BCUT2D eigenvalue weighted by Crippen LogP contribution is 2.29. The Hall–Kier alpha value is -1.42. The van der Waals surface area contributed by atoms with Gasteiger partial charge in [0.05, 0.1) is 0 Å². The van der Waals surface area contributed by atoms with E-state index in [0.29, 0.717) is 17.6 Å². The molecule has 1 aromatic rings. The SMILES string of the molecule is Cc1cc(F)cc(C(=O)N(C)C2C[C@H]3CC[C@@H](C2)N3)c1. The minimum Gasteiger partial charge on any atom is -0.339 e. The van der Waals surface area contributed by atoms with Gasteiger partial charge in [0.2, 0.25) is 0 Å². The van der Waals surface area contributed by atoms with Crippen LogP contribution in [-0.4, -0.2) is 36.0 Å². The van der Waals surface area contributed by atoms with Gasteiger partial charge in [0.25, 0.3) is 5.91 Å². The van der Waals surface area contributed by atoms with Gasteiger partial charge < -0.3 is 10.2 Å². The fourth-order valence-electron chi connectivity index (χ4n) is 3.57. The number of rotatable bonds is 2. The van der Waals surface area contributed by atoms with Crippen molar-refractivity contribution in [1.82, 2.24) is 10.2 Å². The zero-order chi connectivity index (χ0) is 14.3. The number of fused-ring (bicyclic) bond motifs is 2. The van der Waals surface area contributed by atoms with Crippen molar-refractivity contribution >= 4 is 5.91 Å². The Bertz CT molecular complexity index is 499. The largest absolute Gasteiger partial charge is 0.339 e. The van der Waals surface area contributed by atoms with Crippen LogP contribution in [0.5, 0.6) is 0 Å². The van der Waals surface area contributed by atoms with Crippen molar-refractivity contribution in [2.75, 3.05) is 7.05 Å². The van der Waals surface area contributed by atoms with Gasteiger partial charge in [-0.25, -0.2) is 4.39 Å². The third kappa shape index (κ3) is 2.57. The molecule has 2 aliphatic heterocycles. The fraction of sp³-hybridized carbons (Fsp3) is 0.562. The molecule has 3 rings (SSSR count). The maximum Gasteiger partial charge on any atom is 0.253 e. The Morgan fingerprint density at radius 2 is 1.90 bits per heavy atom. The molecule has 2 aliphatic rings. The third-order valence-electron chi connectivity index (χ3n) is 4.61. The molecule has 1 unspecified atom stereocenters. The number of benzene rings is 1. The highest BCUT2D eigenvalue weighted by Gasteiger charge is 2.36. The number of piperidine rings is 1. The molecule has 2 bridgehead atoms. The van der Waals surface area contributed by atoms with E-state index < -0.39 is 0 Å². The van der Waals surface area contributed by atoms with Gasteiger partial charge in [-0.3, -0.25) is 4.79 Å². The van der Waals surface area contributed by atoms with E-state index in [1.807, 2.05) is 14.0 Å². The molecule has 3 atom stereocenters. The van der Waals surface area contributed by atoms with Gasteiger partial charge in [-0.15, -0.1) is 0 Å². The van der Waals surface area contributed by atoms with Crippen LogP contribution in [0.25, 0.3) is 0 Å². The molecule has 1 aromatic carbocycles. The molecule has 0 spiro atoms. The number of carbonyl (C=O) groups is 1. The van der Waals surface area contributed by atoms with Crippen molar-refractivity contribution in [3.05, 3.63) is 35.1 Å². The Labute approximate surface area is 119 Å². The molecule has 4 heteroatoms. The Kier molecular flexibility index (Phi) is 3.50. The summed E-state index contributed by atoms with van der Waals surface area (Å²) in [6, 6.07) is 5.90. The Morgan fingerprint density at radius 1 is 1.25 bits per heavy atom. The Balaban J connectivity index is 1.76. The van der Waals surface area contributed by atoms with E-state index in [1.54, 1.807) is 11.0 Å². The molecule has 1 N–H and O–H groups in total. The number of hydrogen-bond donors (Lipinski definition) is 1. The van der Waals surface area contributed by atoms with E-state index in [2.05, 4.69) is 5.32 Å². The first-order valence-corrected chi connectivity index (χ1v) is 7.33. The Morgan fingerprint density at radius 3 is 2.50 bits per heavy atom. The maximum atomic E-state index is 13.4. The van der Waals surface area contributed by atoms with Crippen LogP contribution >= 0.6 is 0 Å². The van der Waals surface area contributed by atoms with Gasteiger partial charge in [0, 0.05) is 30.7 Å². The number of nitrogens with one attached hydrogen (secondary N) is 1. The second kappa shape index (κ2) is 5.17. The number of halogens is 1. The summed E-state index contributed by atoms with van der Waals surface area (Å²) in [5.74, 6) is -0.411. The molecule has 0 aliphatic carbocycles. The van der Waals surface area contributed by atoms with E-state index in [-0.39, 0.29) is 17.8 Å². The average Bonchev–Trinajstić information content (AvgIpc) is 2.74. The van der Waals surface area contributed by atoms with Gasteiger partial charge in [-0.2, -0.15) is 0 Å². The minimum absolute atomic E-state index is 0.0705. The van der Waals surface area contributed by atoms with Crippen LogP contribution in [0.15, 0.2) is 18.2 Å². The molecule has 20 heavy (non-hydrogen) atoms. The zero-order valence-electron chi connectivity index (χ0n) is 12.0. The second-order valence-electron chi connectivity index (χ2n) is 6.20. The zero-order valence-corrected chi connectivity index (χ0v) is 12.0. The van der Waals surface area contributed by atoms with Crippen molar-refractivity contribution in [3.8, 4) is 0 Å². The van der Waals surface area contributed by atoms with Gasteiger partial charge in [0.1, 0.15) is 5.82 Å². The van der Waals surface area contributed by atoms with Crippen LogP contribution in [0.2, 0.25) is 0 Å². The average molecular weight is 276 g/mol. The number of aryl methyl sites for hydroxylation is 1. The predicted octanol–water partition coefficient (Wildman–Crippen LogP) is 2.49. The number of nitrogens with zero attached hydrogens (tertiary/aromatic N) is 1. The molecule has 3 nitrogen and oxygen atoms in total. The van der Waals surface area contributed by atoms with Crippen LogP contribution in [0.4, 0.5) is 4.39 Å². The molecule has 2 saturated heterocycles. The lowest BCUT2D eigenvalue weighted by molar-refractivity contribution is 0.0681. The molecule has 2 fully saturated rings. The molecule has 0 aromatic heterocycles. The number of hydrogen-bond acceptors (Lipinski definition) is 2. The van der Waals surface area contributed by atoms with E-state index in [1.165, 1.54) is 25.0 Å². The maximum absolute atomic E-state index is 13.4. The van der Waals surface area contributed by atoms with Crippen LogP contribution in [0, 0.1) is 12.7 Å². The summed E-state index contributed by atoms with van der Waals surface area (Å²) < 4.78 is 13.4. The molecular weight excluding hydrogens is 255 g/mol. The van der Waals surface area contributed by atoms with Crippen LogP contribution in [0.1, 0.15) is 41.6 Å². The van der Waals surface area contributed by atoms with Crippen molar-refractivity contribution in [1.29, 1.82) is 0 Å². The first-order valence-electron chi connectivity index (χ1n) is 7.33. The van der Waals surface area contributed by atoms with Crippen molar-refractivity contribution in [3.63, 3.8) is 0 Å². The van der Waals surface area contributed by atoms with Crippen molar-refractivity contribution in [2.24, 2.45) is 0 Å². The molecule has 108 valence electrons. The summed E-state index contributed by atoms with van der Waals surface area (Å²) in [5.41, 5.74) is 1.24. The normalized spacial score (nSPS) is 28.4. The van der Waals surface area contributed by atoms with E-state index >= 15 is 0 Å². The lowest BCUT2D eigenvalue weighted by Gasteiger charge is -2.35. The summed E-state index contributed by atoms with van der Waals surface area (Å²) in [5, 5.41) is 3.57. The number of carbonyl (C=O) groups excluding carboxylic acids is 1. The van der Waals surface area contributed by atoms with Crippen molar-refractivity contribution < 1.29 is 9.18 Å². The van der Waals surface area contributed by atoms with E-state index in [0.717, 1.165) is 18.4 Å². The summed E-state index contributed by atoms with van der Waals surface area (Å²) >= 11 is 0. The summed E-state index contributed by atoms with van der Waals surface area (Å²) in [7, 11) is 1.85. The fourth-order valence-corrected chi connectivity index (χ4v) is 3.57. The van der Waals surface area contributed by atoms with Crippen molar-refractivity contribution in [2.45, 2.75) is 50.7 Å². The molecule has 0 radical (unpaired) electrons. The monoisotopic (exact) mass is 276 g/mol. The molecule has 1 amide bonds. The predicted molar refractivity (Wildman–Crippen MR) is 76.2 cm³/mol. The highest BCUT2D eigenvalue weighted by molar-refractivity contribution is 5.94. The summed E-state index contributed by atoms with van der Waals surface area (Å²) in [6.45, 7) is 1.81. The van der Waals surface area contributed by atoms with Gasteiger partial charge in [-0.05, 0) is 56.4 Å². The topological polar surface area (TPSA) is 32.3 Å². The van der Waals surface area contributed by atoms with Crippen LogP contribution in [-0.2, 0) is 0 Å². The first kappa shape index (κ1) is 13.6.